The number of nitrogens with zero attached hydrogens (tertiary/aromatic N) is 3. The number of aromatic nitrogens is 2. The second-order valence-electron chi connectivity index (χ2n) is 4.00. The van der Waals surface area contributed by atoms with Gasteiger partial charge in [-0.15, -0.1) is 0 Å². The Labute approximate surface area is 83.5 Å². The van der Waals surface area contributed by atoms with Crippen LogP contribution in [0.1, 0.15) is 23.3 Å². The minimum absolute atomic E-state index is 0.0255. The van der Waals surface area contributed by atoms with E-state index in [4.69, 9.17) is 0 Å². The summed E-state index contributed by atoms with van der Waals surface area (Å²) in [5.74, 6) is 0.755. The van der Waals surface area contributed by atoms with Gasteiger partial charge >= 0.3 is 0 Å². The summed E-state index contributed by atoms with van der Waals surface area (Å²) in [4.78, 5) is 13.5. The molecule has 1 aliphatic carbocycles. The molecule has 0 N–H and O–H groups in total. The molecule has 76 valence electrons. The normalized spacial score (nSPS) is 15.6. The summed E-state index contributed by atoms with van der Waals surface area (Å²) in [7, 11) is 3.66. The Balaban J connectivity index is 1.99. The van der Waals surface area contributed by atoms with Gasteiger partial charge in [0.1, 0.15) is 5.69 Å². The molecule has 0 aliphatic heterocycles. The molecule has 0 atom stereocenters. The number of hydrogen-bond acceptors (Lipinski definition) is 2. The Morgan fingerprint density at radius 3 is 2.93 bits per heavy atom. The summed E-state index contributed by atoms with van der Waals surface area (Å²) < 4.78 is 1.65. The summed E-state index contributed by atoms with van der Waals surface area (Å²) in [6.45, 7) is 0.870. The number of amides is 1. The van der Waals surface area contributed by atoms with E-state index >= 15 is 0 Å². The number of carbonyl (C=O) groups is 1. The molecule has 1 aromatic heterocycles. The van der Waals surface area contributed by atoms with Crippen LogP contribution >= 0.6 is 0 Å². The van der Waals surface area contributed by atoms with Crippen molar-refractivity contribution in [1.29, 1.82) is 0 Å². The molecule has 0 radical (unpaired) electrons. The first-order valence-corrected chi connectivity index (χ1v) is 4.92. The molecule has 0 aromatic carbocycles. The van der Waals surface area contributed by atoms with E-state index in [2.05, 4.69) is 5.10 Å². The molecule has 1 saturated carbocycles. The first-order valence-electron chi connectivity index (χ1n) is 4.92. The Kier molecular flexibility index (Phi) is 2.27. The van der Waals surface area contributed by atoms with E-state index < -0.39 is 0 Å². The molecule has 1 aliphatic rings. The maximum absolute atomic E-state index is 11.8. The lowest BCUT2D eigenvalue weighted by atomic mass is 10.3. The van der Waals surface area contributed by atoms with Crippen LogP contribution in [-0.2, 0) is 7.05 Å². The summed E-state index contributed by atoms with van der Waals surface area (Å²) in [5, 5.41) is 4.08. The zero-order valence-corrected chi connectivity index (χ0v) is 8.60. The second kappa shape index (κ2) is 3.44. The third-order valence-corrected chi connectivity index (χ3v) is 2.51. The van der Waals surface area contributed by atoms with Crippen molar-refractivity contribution >= 4 is 5.91 Å². The lowest BCUT2D eigenvalue weighted by molar-refractivity contribution is 0.0782. The fourth-order valence-electron chi connectivity index (χ4n) is 1.50. The van der Waals surface area contributed by atoms with Crippen molar-refractivity contribution in [1.82, 2.24) is 14.7 Å². The van der Waals surface area contributed by atoms with Crippen LogP contribution in [0.25, 0.3) is 0 Å². The molecule has 14 heavy (non-hydrogen) atoms. The van der Waals surface area contributed by atoms with Gasteiger partial charge in [-0.1, -0.05) is 0 Å². The topological polar surface area (TPSA) is 38.1 Å². The van der Waals surface area contributed by atoms with Gasteiger partial charge in [0.25, 0.3) is 5.91 Å². The largest absolute Gasteiger partial charge is 0.340 e. The van der Waals surface area contributed by atoms with Gasteiger partial charge in [-0.2, -0.15) is 5.10 Å². The average molecular weight is 193 g/mol. The van der Waals surface area contributed by atoms with Crippen LogP contribution in [0.3, 0.4) is 0 Å². The summed E-state index contributed by atoms with van der Waals surface area (Å²) in [6, 6.07) is 1.76. The zero-order chi connectivity index (χ0) is 10.1. The first-order chi connectivity index (χ1) is 6.66. The van der Waals surface area contributed by atoms with Crippen molar-refractivity contribution in [3.05, 3.63) is 18.0 Å². The van der Waals surface area contributed by atoms with Gasteiger partial charge in [0, 0.05) is 26.8 Å². The van der Waals surface area contributed by atoms with Gasteiger partial charge in [0.2, 0.25) is 0 Å². The number of aryl methyl sites for hydroxylation is 1. The summed E-state index contributed by atoms with van der Waals surface area (Å²) in [5.41, 5.74) is 0.538. The van der Waals surface area contributed by atoms with E-state index in [1.165, 1.54) is 12.8 Å². The van der Waals surface area contributed by atoms with Crippen LogP contribution in [0.2, 0.25) is 0 Å². The van der Waals surface area contributed by atoms with Crippen molar-refractivity contribution in [2.75, 3.05) is 13.6 Å². The maximum atomic E-state index is 11.8. The van der Waals surface area contributed by atoms with Crippen molar-refractivity contribution in [3.8, 4) is 0 Å². The van der Waals surface area contributed by atoms with Crippen LogP contribution in [0.4, 0.5) is 0 Å². The zero-order valence-electron chi connectivity index (χ0n) is 8.60. The molecule has 2 rings (SSSR count). The monoisotopic (exact) mass is 193 g/mol. The molecular formula is C10H15N3O. The number of rotatable bonds is 3. The van der Waals surface area contributed by atoms with E-state index in [0.717, 1.165) is 12.5 Å². The van der Waals surface area contributed by atoms with Crippen molar-refractivity contribution < 1.29 is 4.79 Å². The smallest absolute Gasteiger partial charge is 0.274 e. The van der Waals surface area contributed by atoms with Crippen LogP contribution in [0, 0.1) is 5.92 Å². The molecule has 4 heteroatoms. The molecule has 1 aromatic rings. The average Bonchev–Trinajstić information content (AvgIpc) is 2.85. The molecule has 0 spiro atoms. The van der Waals surface area contributed by atoms with Gasteiger partial charge in [0.05, 0.1) is 0 Å². The van der Waals surface area contributed by atoms with Gasteiger partial charge in [-0.25, -0.2) is 0 Å². The van der Waals surface area contributed by atoms with Gasteiger partial charge in [0.15, 0.2) is 0 Å². The maximum Gasteiger partial charge on any atom is 0.274 e. The summed E-state index contributed by atoms with van der Waals surface area (Å²) >= 11 is 0. The molecule has 4 nitrogen and oxygen atoms in total. The molecule has 1 heterocycles. The fourth-order valence-corrected chi connectivity index (χ4v) is 1.50. The van der Waals surface area contributed by atoms with Crippen molar-refractivity contribution in [2.45, 2.75) is 12.8 Å². The standard InChI is InChI=1S/C10H15N3O/c1-12(7-8-3-4-8)10(14)9-5-6-13(2)11-9/h5-6,8H,3-4,7H2,1-2H3. The van der Waals surface area contributed by atoms with Crippen LogP contribution in [-0.4, -0.2) is 34.2 Å². The Bertz CT molecular complexity index is 341. The predicted molar refractivity (Wildman–Crippen MR) is 52.9 cm³/mol. The highest BCUT2D eigenvalue weighted by Crippen LogP contribution is 2.29. The Morgan fingerprint density at radius 2 is 2.43 bits per heavy atom. The van der Waals surface area contributed by atoms with Crippen LogP contribution in [0.15, 0.2) is 12.3 Å². The molecule has 0 unspecified atom stereocenters. The lowest BCUT2D eigenvalue weighted by Crippen LogP contribution is -2.29. The molecule has 1 fully saturated rings. The SMILES string of the molecule is CN(CC1CC1)C(=O)c1ccn(C)n1. The third kappa shape index (κ3) is 1.95. The minimum Gasteiger partial charge on any atom is -0.340 e. The predicted octanol–water partition coefficient (Wildman–Crippen LogP) is 0.902. The van der Waals surface area contributed by atoms with Gasteiger partial charge in [-0.05, 0) is 24.8 Å². The fraction of sp³-hybridized carbons (Fsp3) is 0.600. The van der Waals surface area contributed by atoms with E-state index in [1.807, 2.05) is 14.1 Å². The third-order valence-electron chi connectivity index (χ3n) is 2.51. The quantitative estimate of drug-likeness (QED) is 0.715. The van der Waals surface area contributed by atoms with Crippen molar-refractivity contribution in [2.24, 2.45) is 13.0 Å². The van der Waals surface area contributed by atoms with Gasteiger partial charge < -0.3 is 4.90 Å². The van der Waals surface area contributed by atoms with Gasteiger partial charge in [-0.3, -0.25) is 9.48 Å². The van der Waals surface area contributed by atoms with Crippen LogP contribution in [0.5, 0.6) is 0 Å². The first kappa shape index (κ1) is 9.24. The molecule has 1 amide bonds. The molecule has 0 bridgehead atoms. The van der Waals surface area contributed by atoms with E-state index in [9.17, 15) is 4.79 Å². The highest BCUT2D eigenvalue weighted by atomic mass is 16.2. The molecule has 0 saturated heterocycles. The minimum atomic E-state index is 0.0255. The summed E-state index contributed by atoms with van der Waals surface area (Å²) in [6.07, 6.45) is 4.32. The second-order valence-corrected chi connectivity index (χ2v) is 4.00. The Hall–Kier alpha value is -1.32. The van der Waals surface area contributed by atoms with E-state index in [1.54, 1.807) is 21.8 Å². The van der Waals surface area contributed by atoms with E-state index in [-0.39, 0.29) is 5.91 Å². The highest BCUT2D eigenvalue weighted by Gasteiger charge is 2.25. The molecular weight excluding hydrogens is 178 g/mol. The lowest BCUT2D eigenvalue weighted by Gasteiger charge is -2.14. The Morgan fingerprint density at radius 1 is 1.71 bits per heavy atom. The van der Waals surface area contributed by atoms with Crippen LogP contribution < -0.4 is 0 Å². The van der Waals surface area contributed by atoms with Crippen molar-refractivity contribution in [3.63, 3.8) is 0 Å². The number of carbonyl (C=O) groups excluding carboxylic acids is 1. The van der Waals surface area contributed by atoms with E-state index in [0.29, 0.717) is 5.69 Å². The number of hydrogen-bond donors (Lipinski definition) is 0. The highest BCUT2D eigenvalue weighted by molar-refractivity contribution is 5.92.